The number of hydrogen-bond donors (Lipinski definition) is 1. The van der Waals surface area contributed by atoms with E-state index in [2.05, 4.69) is 35.9 Å². The number of unbranched alkanes of at least 4 members (excludes halogenated alkanes) is 1. The zero-order valence-corrected chi connectivity index (χ0v) is 12.0. The monoisotopic (exact) mass is 241 g/mol. The van der Waals surface area contributed by atoms with Gasteiger partial charge in [0.1, 0.15) is 0 Å². The van der Waals surface area contributed by atoms with Gasteiger partial charge in [0.2, 0.25) is 0 Å². The van der Waals surface area contributed by atoms with Crippen LogP contribution in [-0.4, -0.2) is 61.7 Å². The Morgan fingerprint density at radius 3 is 2.59 bits per heavy atom. The van der Waals surface area contributed by atoms with Crippen LogP contribution in [0.15, 0.2) is 0 Å². The first-order valence-corrected chi connectivity index (χ1v) is 7.45. The van der Waals surface area contributed by atoms with E-state index in [1.807, 2.05) is 0 Å². The fourth-order valence-electron chi connectivity index (χ4n) is 2.63. The Morgan fingerprint density at radius 2 is 1.94 bits per heavy atom. The Bertz CT molecular complexity index is 184. The van der Waals surface area contributed by atoms with Gasteiger partial charge in [-0.25, -0.2) is 0 Å². The van der Waals surface area contributed by atoms with Gasteiger partial charge in [0.25, 0.3) is 0 Å². The average molecular weight is 241 g/mol. The van der Waals surface area contributed by atoms with E-state index in [0.717, 1.165) is 6.04 Å². The van der Waals surface area contributed by atoms with Crippen molar-refractivity contribution in [2.24, 2.45) is 0 Å². The molecule has 1 aliphatic heterocycles. The van der Waals surface area contributed by atoms with Gasteiger partial charge in [-0.2, -0.15) is 0 Å². The van der Waals surface area contributed by atoms with Crippen molar-refractivity contribution in [3.63, 3.8) is 0 Å². The van der Waals surface area contributed by atoms with E-state index in [-0.39, 0.29) is 0 Å². The number of likely N-dealkylation sites (N-methyl/N-ethyl adjacent to an activating group) is 1. The van der Waals surface area contributed by atoms with Crippen LogP contribution >= 0.6 is 0 Å². The predicted octanol–water partition coefficient (Wildman–Crippen LogP) is 1.79. The lowest BCUT2D eigenvalue weighted by Crippen LogP contribution is -2.51. The van der Waals surface area contributed by atoms with E-state index in [1.165, 1.54) is 65.1 Å². The van der Waals surface area contributed by atoms with Crippen molar-refractivity contribution >= 4 is 0 Å². The van der Waals surface area contributed by atoms with E-state index in [9.17, 15) is 0 Å². The van der Waals surface area contributed by atoms with E-state index in [1.54, 1.807) is 0 Å². The van der Waals surface area contributed by atoms with Gasteiger partial charge in [-0.15, -0.1) is 0 Å². The van der Waals surface area contributed by atoms with Crippen molar-refractivity contribution in [3.8, 4) is 0 Å². The predicted molar refractivity (Wildman–Crippen MR) is 75.5 cm³/mol. The van der Waals surface area contributed by atoms with Crippen LogP contribution in [0.5, 0.6) is 0 Å². The standard InChI is InChI=1S/C14H31N3/c1-4-8-15-9-6-7-10-16-11-12-17(5-2)14(3)13-16/h14-15H,4-13H2,1-3H3. The lowest BCUT2D eigenvalue weighted by molar-refractivity contribution is 0.0870. The Hall–Kier alpha value is -0.120. The summed E-state index contributed by atoms with van der Waals surface area (Å²) in [7, 11) is 0. The quantitative estimate of drug-likeness (QED) is 0.654. The first kappa shape index (κ1) is 14.9. The molecule has 0 aromatic carbocycles. The molecule has 0 aromatic heterocycles. The summed E-state index contributed by atoms with van der Waals surface area (Å²) in [5.74, 6) is 0. The highest BCUT2D eigenvalue weighted by Crippen LogP contribution is 2.09. The molecular weight excluding hydrogens is 210 g/mol. The summed E-state index contributed by atoms with van der Waals surface area (Å²) in [5, 5.41) is 3.47. The molecule has 0 radical (unpaired) electrons. The lowest BCUT2D eigenvalue weighted by Gasteiger charge is -2.39. The molecule has 1 aliphatic rings. The second-order valence-electron chi connectivity index (χ2n) is 5.24. The summed E-state index contributed by atoms with van der Waals surface area (Å²) in [6, 6.07) is 0.743. The number of hydrogen-bond acceptors (Lipinski definition) is 3. The minimum atomic E-state index is 0.743. The van der Waals surface area contributed by atoms with Crippen molar-refractivity contribution in [1.29, 1.82) is 0 Å². The minimum absolute atomic E-state index is 0.743. The second kappa shape index (κ2) is 8.90. The molecule has 0 aliphatic carbocycles. The van der Waals surface area contributed by atoms with Gasteiger partial charge in [0.15, 0.2) is 0 Å². The molecule has 3 nitrogen and oxygen atoms in total. The van der Waals surface area contributed by atoms with Crippen LogP contribution in [0, 0.1) is 0 Å². The first-order valence-electron chi connectivity index (χ1n) is 7.45. The number of nitrogens with one attached hydrogen (secondary N) is 1. The van der Waals surface area contributed by atoms with Gasteiger partial charge in [0, 0.05) is 25.7 Å². The van der Waals surface area contributed by atoms with Crippen LogP contribution in [0.2, 0.25) is 0 Å². The van der Waals surface area contributed by atoms with Gasteiger partial charge in [-0.1, -0.05) is 13.8 Å². The Morgan fingerprint density at radius 1 is 1.12 bits per heavy atom. The molecule has 1 atom stereocenters. The van der Waals surface area contributed by atoms with Gasteiger partial charge < -0.3 is 10.2 Å². The molecule has 1 unspecified atom stereocenters. The Labute approximate surface area is 108 Å². The molecule has 17 heavy (non-hydrogen) atoms. The van der Waals surface area contributed by atoms with Crippen molar-refractivity contribution in [1.82, 2.24) is 15.1 Å². The summed E-state index contributed by atoms with van der Waals surface area (Å²) in [6.45, 7) is 15.5. The summed E-state index contributed by atoms with van der Waals surface area (Å²) >= 11 is 0. The molecule has 0 spiro atoms. The molecule has 1 fully saturated rings. The van der Waals surface area contributed by atoms with E-state index in [4.69, 9.17) is 0 Å². The number of rotatable bonds is 8. The highest BCUT2D eigenvalue weighted by molar-refractivity contribution is 4.78. The third kappa shape index (κ3) is 5.84. The highest BCUT2D eigenvalue weighted by Gasteiger charge is 2.21. The van der Waals surface area contributed by atoms with Crippen LogP contribution in [0.25, 0.3) is 0 Å². The van der Waals surface area contributed by atoms with Crippen LogP contribution in [-0.2, 0) is 0 Å². The summed E-state index contributed by atoms with van der Waals surface area (Å²) in [5.41, 5.74) is 0. The summed E-state index contributed by atoms with van der Waals surface area (Å²) in [6.07, 6.45) is 3.91. The minimum Gasteiger partial charge on any atom is -0.317 e. The number of piperazine rings is 1. The molecule has 0 saturated carbocycles. The number of nitrogens with zero attached hydrogens (tertiary/aromatic N) is 2. The zero-order valence-electron chi connectivity index (χ0n) is 12.0. The molecule has 1 rings (SSSR count). The highest BCUT2D eigenvalue weighted by atomic mass is 15.3. The molecule has 0 aromatic rings. The lowest BCUT2D eigenvalue weighted by atomic mass is 10.1. The van der Waals surface area contributed by atoms with Crippen molar-refractivity contribution < 1.29 is 0 Å². The maximum absolute atomic E-state index is 3.47. The molecule has 1 heterocycles. The summed E-state index contributed by atoms with van der Waals surface area (Å²) in [4.78, 5) is 5.22. The normalized spacial score (nSPS) is 23.1. The molecule has 1 saturated heterocycles. The topological polar surface area (TPSA) is 18.5 Å². The van der Waals surface area contributed by atoms with Gasteiger partial charge in [-0.05, 0) is 52.4 Å². The van der Waals surface area contributed by atoms with Gasteiger partial charge in [-0.3, -0.25) is 4.90 Å². The zero-order chi connectivity index (χ0) is 12.5. The maximum atomic E-state index is 3.47. The maximum Gasteiger partial charge on any atom is 0.0195 e. The fraction of sp³-hybridized carbons (Fsp3) is 1.00. The third-order valence-electron chi connectivity index (χ3n) is 3.76. The van der Waals surface area contributed by atoms with E-state index < -0.39 is 0 Å². The van der Waals surface area contributed by atoms with Crippen LogP contribution in [0.4, 0.5) is 0 Å². The first-order chi connectivity index (χ1) is 8.27. The Kier molecular flexibility index (Phi) is 7.82. The van der Waals surface area contributed by atoms with Crippen molar-refractivity contribution in [2.75, 3.05) is 45.8 Å². The van der Waals surface area contributed by atoms with Gasteiger partial charge >= 0.3 is 0 Å². The molecule has 102 valence electrons. The second-order valence-corrected chi connectivity index (χ2v) is 5.24. The van der Waals surface area contributed by atoms with Crippen LogP contribution < -0.4 is 5.32 Å². The van der Waals surface area contributed by atoms with E-state index in [0.29, 0.717) is 0 Å². The SMILES string of the molecule is CCCNCCCCN1CCN(CC)C(C)C1. The smallest absolute Gasteiger partial charge is 0.0195 e. The molecule has 3 heteroatoms. The molecule has 1 N–H and O–H groups in total. The molecule has 0 bridgehead atoms. The van der Waals surface area contributed by atoms with Crippen LogP contribution in [0.1, 0.15) is 40.0 Å². The Balaban J connectivity index is 2.01. The molecule has 0 amide bonds. The fourth-order valence-corrected chi connectivity index (χ4v) is 2.63. The third-order valence-corrected chi connectivity index (χ3v) is 3.76. The van der Waals surface area contributed by atoms with Gasteiger partial charge in [0.05, 0.1) is 0 Å². The average Bonchev–Trinajstić information content (AvgIpc) is 2.34. The molecular formula is C14H31N3. The van der Waals surface area contributed by atoms with E-state index >= 15 is 0 Å². The van der Waals surface area contributed by atoms with Crippen LogP contribution in [0.3, 0.4) is 0 Å². The largest absolute Gasteiger partial charge is 0.317 e. The van der Waals surface area contributed by atoms with Crippen molar-refractivity contribution in [2.45, 2.75) is 46.1 Å². The van der Waals surface area contributed by atoms with Crippen molar-refractivity contribution in [3.05, 3.63) is 0 Å². The summed E-state index contributed by atoms with van der Waals surface area (Å²) < 4.78 is 0.